The number of nitrogens with zero attached hydrogens (tertiary/aromatic N) is 1. The van der Waals surface area contributed by atoms with Crippen molar-refractivity contribution in [3.8, 4) is 0 Å². The zero-order valence-corrected chi connectivity index (χ0v) is 11.0. The summed E-state index contributed by atoms with van der Waals surface area (Å²) in [6.45, 7) is 3.73. The SMILES string of the molecule is CCCn1ccc(CNc2cccc(Cl)c2F)c1. The number of rotatable bonds is 5. The van der Waals surface area contributed by atoms with Crippen LogP contribution in [0, 0.1) is 5.82 Å². The van der Waals surface area contributed by atoms with Gasteiger partial charge in [-0.1, -0.05) is 24.6 Å². The van der Waals surface area contributed by atoms with Gasteiger partial charge in [0.15, 0.2) is 5.82 Å². The standard InChI is InChI=1S/C14H16ClFN2/c1-2-7-18-8-6-11(10-18)9-17-13-5-3-4-12(15)14(13)16/h3-6,8,10,17H,2,7,9H2,1H3. The van der Waals surface area contributed by atoms with E-state index >= 15 is 0 Å². The Labute approximate surface area is 111 Å². The van der Waals surface area contributed by atoms with Crippen molar-refractivity contribution >= 4 is 17.3 Å². The maximum Gasteiger partial charge on any atom is 0.164 e. The van der Waals surface area contributed by atoms with E-state index in [-0.39, 0.29) is 5.02 Å². The monoisotopic (exact) mass is 266 g/mol. The molecule has 0 unspecified atom stereocenters. The molecule has 2 aromatic rings. The minimum atomic E-state index is -0.396. The molecule has 1 aromatic heterocycles. The van der Waals surface area contributed by atoms with E-state index in [1.165, 1.54) is 0 Å². The van der Waals surface area contributed by atoms with E-state index in [1.807, 2.05) is 12.3 Å². The van der Waals surface area contributed by atoms with Crippen LogP contribution in [0.25, 0.3) is 0 Å². The summed E-state index contributed by atoms with van der Waals surface area (Å²) in [7, 11) is 0. The van der Waals surface area contributed by atoms with Crippen LogP contribution in [0.5, 0.6) is 0 Å². The third-order valence-corrected chi connectivity index (χ3v) is 3.02. The summed E-state index contributed by atoms with van der Waals surface area (Å²) in [5.41, 5.74) is 1.56. The third-order valence-electron chi connectivity index (χ3n) is 2.73. The molecule has 0 aliphatic heterocycles. The summed E-state index contributed by atoms with van der Waals surface area (Å²) in [6.07, 6.45) is 5.21. The highest BCUT2D eigenvalue weighted by Crippen LogP contribution is 2.22. The minimum absolute atomic E-state index is 0.142. The summed E-state index contributed by atoms with van der Waals surface area (Å²) < 4.78 is 15.8. The Balaban J connectivity index is 2.00. The number of aryl methyl sites for hydroxylation is 1. The van der Waals surface area contributed by atoms with Crippen LogP contribution in [0.15, 0.2) is 36.7 Å². The fourth-order valence-electron chi connectivity index (χ4n) is 1.83. The second-order valence-electron chi connectivity index (χ2n) is 4.21. The predicted molar refractivity (Wildman–Crippen MR) is 73.5 cm³/mol. The molecular formula is C14H16ClFN2. The van der Waals surface area contributed by atoms with Crippen LogP contribution in [0.2, 0.25) is 5.02 Å². The Morgan fingerprint density at radius 2 is 2.17 bits per heavy atom. The highest BCUT2D eigenvalue weighted by molar-refractivity contribution is 6.31. The molecule has 1 aromatic carbocycles. The highest BCUT2D eigenvalue weighted by Gasteiger charge is 2.05. The van der Waals surface area contributed by atoms with E-state index in [1.54, 1.807) is 18.2 Å². The molecule has 4 heteroatoms. The van der Waals surface area contributed by atoms with Crippen molar-refractivity contribution in [2.24, 2.45) is 0 Å². The molecule has 0 saturated heterocycles. The van der Waals surface area contributed by atoms with Crippen LogP contribution >= 0.6 is 11.6 Å². The lowest BCUT2D eigenvalue weighted by Gasteiger charge is -2.07. The Kier molecular flexibility index (Phi) is 4.26. The molecule has 0 amide bonds. The van der Waals surface area contributed by atoms with Gasteiger partial charge in [-0.15, -0.1) is 0 Å². The number of halogens is 2. The predicted octanol–water partition coefficient (Wildman–Crippen LogP) is 4.30. The number of hydrogen-bond acceptors (Lipinski definition) is 1. The van der Waals surface area contributed by atoms with E-state index < -0.39 is 5.82 Å². The van der Waals surface area contributed by atoms with Gasteiger partial charge in [-0.05, 0) is 30.2 Å². The molecule has 0 atom stereocenters. The first kappa shape index (κ1) is 13.0. The Bertz CT molecular complexity index is 522. The summed E-state index contributed by atoms with van der Waals surface area (Å²) >= 11 is 5.72. The van der Waals surface area contributed by atoms with Gasteiger partial charge in [0, 0.05) is 25.5 Å². The molecule has 0 spiro atoms. The molecule has 1 heterocycles. The smallest absolute Gasteiger partial charge is 0.164 e. The molecule has 0 bridgehead atoms. The lowest BCUT2D eigenvalue weighted by Crippen LogP contribution is -2.01. The fraction of sp³-hybridized carbons (Fsp3) is 0.286. The molecule has 0 fully saturated rings. The van der Waals surface area contributed by atoms with Gasteiger partial charge < -0.3 is 9.88 Å². The molecule has 0 radical (unpaired) electrons. The van der Waals surface area contributed by atoms with E-state index in [2.05, 4.69) is 23.0 Å². The zero-order chi connectivity index (χ0) is 13.0. The second kappa shape index (κ2) is 5.91. The molecule has 1 N–H and O–H groups in total. The molecule has 96 valence electrons. The van der Waals surface area contributed by atoms with Gasteiger partial charge in [-0.25, -0.2) is 4.39 Å². The number of benzene rings is 1. The molecule has 2 rings (SSSR count). The lowest BCUT2D eigenvalue weighted by atomic mass is 10.3. The first-order chi connectivity index (χ1) is 8.70. The topological polar surface area (TPSA) is 17.0 Å². The molecule has 0 aliphatic rings. The summed E-state index contributed by atoms with van der Waals surface area (Å²) in [5.74, 6) is -0.396. The van der Waals surface area contributed by atoms with Crippen molar-refractivity contribution in [3.05, 3.63) is 53.1 Å². The van der Waals surface area contributed by atoms with Gasteiger partial charge in [0.25, 0.3) is 0 Å². The summed E-state index contributed by atoms with van der Waals surface area (Å²) in [4.78, 5) is 0. The van der Waals surface area contributed by atoms with E-state index in [9.17, 15) is 4.39 Å². The Morgan fingerprint density at radius 1 is 1.33 bits per heavy atom. The first-order valence-electron chi connectivity index (χ1n) is 6.03. The number of aromatic nitrogens is 1. The largest absolute Gasteiger partial charge is 0.378 e. The lowest BCUT2D eigenvalue weighted by molar-refractivity contribution is 0.630. The van der Waals surface area contributed by atoms with Gasteiger partial charge >= 0.3 is 0 Å². The molecule has 0 saturated carbocycles. The van der Waals surface area contributed by atoms with E-state index in [0.717, 1.165) is 18.5 Å². The van der Waals surface area contributed by atoms with Crippen molar-refractivity contribution in [3.63, 3.8) is 0 Å². The second-order valence-corrected chi connectivity index (χ2v) is 4.62. The van der Waals surface area contributed by atoms with Crippen molar-refractivity contribution in [1.29, 1.82) is 0 Å². The minimum Gasteiger partial charge on any atom is -0.378 e. The number of nitrogens with one attached hydrogen (secondary N) is 1. The number of anilines is 1. The quantitative estimate of drug-likeness (QED) is 0.854. The van der Waals surface area contributed by atoms with Crippen LogP contribution in [-0.2, 0) is 13.1 Å². The van der Waals surface area contributed by atoms with Crippen LogP contribution in [0.4, 0.5) is 10.1 Å². The average molecular weight is 267 g/mol. The maximum atomic E-state index is 13.6. The zero-order valence-electron chi connectivity index (χ0n) is 10.3. The maximum absolute atomic E-state index is 13.6. The first-order valence-corrected chi connectivity index (χ1v) is 6.41. The molecule has 18 heavy (non-hydrogen) atoms. The van der Waals surface area contributed by atoms with Gasteiger partial charge in [0.05, 0.1) is 10.7 Å². The van der Waals surface area contributed by atoms with Gasteiger partial charge in [0.1, 0.15) is 0 Å². The highest BCUT2D eigenvalue weighted by atomic mass is 35.5. The molecule has 0 aliphatic carbocycles. The van der Waals surface area contributed by atoms with Crippen molar-refractivity contribution in [1.82, 2.24) is 4.57 Å². The van der Waals surface area contributed by atoms with Crippen LogP contribution in [-0.4, -0.2) is 4.57 Å². The average Bonchev–Trinajstić information content (AvgIpc) is 2.79. The molecular weight excluding hydrogens is 251 g/mol. The van der Waals surface area contributed by atoms with E-state index in [4.69, 9.17) is 11.6 Å². The van der Waals surface area contributed by atoms with Crippen LogP contribution < -0.4 is 5.32 Å². The third kappa shape index (κ3) is 3.05. The Hall–Kier alpha value is -1.48. The van der Waals surface area contributed by atoms with Crippen LogP contribution in [0.1, 0.15) is 18.9 Å². The number of hydrogen-bond donors (Lipinski definition) is 1. The van der Waals surface area contributed by atoms with E-state index in [0.29, 0.717) is 12.2 Å². The van der Waals surface area contributed by atoms with Crippen molar-refractivity contribution in [2.45, 2.75) is 26.4 Å². The molecule has 2 nitrogen and oxygen atoms in total. The summed E-state index contributed by atoms with van der Waals surface area (Å²) in [6, 6.07) is 6.99. The summed E-state index contributed by atoms with van der Waals surface area (Å²) in [5, 5.41) is 3.19. The fourth-order valence-corrected chi connectivity index (χ4v) is 2.00. The van der Waals surface area contributed by atoms with Gasteiger partial charge in [-0.3, -0.25) is 0 Å². The Morgan fingerprint density at radius 3 is 2.94 bits per heavy atom. The van der Waals surface area contributed by atoms with Crippen molar-refractivity contribution in [2.75, 3.05) is 5.32 Å². The van der Waals surface area contributed by atoms with Gasteiger partial charge in [-0.2, -0.15) is 0 Å². The van der Waals surface area contributed by atoms with Crippen LogP contribution in [0.3, 0.4) is 0 Å². The normalized spacial score (nSPS) is 10.6. The van der Waals surface area contributed by atoms with Gasteiger partial charge in [0.2, 0.25) is 0 Å². The van der Waals surface area contributed by atoms with Crippen molar-refractivity contribution < 1.29 is 4.39 Å².